The molecule has 16 heavy (non-hydrogen) atoms. The van der Waals surface area contributed by atoms with E-state index in [4.69, 9.17) is 14.6 Å². The quantitative estimate of drug-likeness (QED) is 0.748. The average molecular weight is 231 g/mol. The van der Waals surface area contributed by atoms with Gasteiger partial charge in [-0.2, -0.15) is 0 Å². The molecule has 1 heterocycles. The number of ether oxygens (including phenoxy) is 2. The van der Waals surface area contributed by atoms with Crippen molar-refractivity contribution >= 4 is 12.1 Å². The van der Waals surface area contributed by atoms with Gasteiger partial charge in [-0.1, -0.05) is 0 Å². The summed E-state index contributed by atoms with van der Waals surface area (Å²) < 4.78 is 10.0. The van der Waals surface area contributed by atoms with Gasteiger partial charge in [-0.3, -0.25) is 0 Å². The molecular weight excluding hydrogens is 214 g/mol. The molecule has 1 rings (SSSR count). The maximum atomic E-state index is 11.2. The van der Waals surface area contributed by atoms with Crippen LogP contribution in [-0.2, 0) is 14.3 Å². The number of alkyl carbamates (subject to hydrolysis) is 1. The number of carbonyl (C=O) groups is 2. The Hall–Kier alpha value is -1.30. The van der Waals surface area contributed by atoms with E-state index >= 15 is 0 Å². The number of aliphatic carboxylic acids is 1. The van der Waals surface area contributed by atoms with Crippen LogP contribution in [0.15, 0.2) is 0 Å². The summed E-state index contributed by atoms with van der Waals surface area (Å²) in [6.07, 6.45) is -1.06. The normalized spacial score (nSPS) is 24.4. The minimum absolute atomic E-state index is 0.228. The second-order valence-corrected chi connectivity index (χ2v) is 4.70. The first-order valence-corrected chi connectivity index (χ1v) is 5.13. The Morgan fingerprint density at radius 1 is 1.50 bits per heavy atom. The van der Waals surface area contributed by atoms with Crippen molar-refractivity contribution in [3.05, 3.63) is 0 Å². The topological polar surface area (TPSA) is 84.9 Å². The minimum atomic E-state index is -0.964. The van der Waals surface area contributed by atoms with E-state index in [1.54, 1.807) is 20.8 Å². The zero-order valence-electron chi connectivity index (χ0n) is 9.65. The smallest absolute Gasteiger partial charge is 0.407 e. The first-order valence-electron chi connectivity index (χ1n) is 5.13. The first kappa shape index (κ1) is 12.8. The van der Waals surface area contributed by atoms with Crippen LogP contribution < -0.4 is 5.32 Å². The zero-order chi connectivity index (χ0) is 12.3. The van der Waals surface area contributed by atoms with E-state index < -0.39 is 23.8 Å². The predicted molar refractivity (Wildman–Crippen MR) is 55.2 cm³/mol. The van der Waals surface area contributed by atoms with E-state index in [-0.39, 0.29) is 12.6 Å². The number of amides is 1. The van der Waals surface area contributed by atoms with Gasteiger partial charge in [0.15, 0.2) is 6.10 Å². The molecule has 1 aliphatic rings. The molecule has 1 aliphatic heterocycles. The van der Waals surface area contributed by atoms with Gasteiger partial charge in [-0.15, -0.1) is 0 Å². The molecule has 0 aromatic rings. The van der Waals surface area contributed by atoms with Crippen molar-refractivity contribution in [2.24, 2.45) is 0 Å². The maximum Gasteiger partial charge on any atom is 0.407 e. The third-order valence-electron chi connectivity index (χ3n) is 1.98. The van der Waals surface area contributed by atoms with E-state index in [0.29, 0.717) is 6.42 Å². The molecular formula is C10H17NO5. The van der Waals surface area contributed by atoms with Gasteiger partial charge in [0.1, 0.15) is 5.60 Å². The summed E-state index contributed by atoms with van der Waals surface area (Å²) in [5, 5.41) is 11.1. The standard InChI is InChI=1S/C10H17NO5/c1-10(2,3)16-9(14)11-5-6-4-7(15-6)8(12)13/h6-7H,4-5H2,1-3H3,(H,11,14)(H,12,13)/t6-,7+/m1/s1. The highest BCUT2D eigenvalue weighted by Crippen LogP contribution is 2.19. The van der Waals surface area contributed by atoms with Crippen molar-refractivity contribution in [1.29, 1.82) is 0 Å². The van der Waals surface area contributed by atoms with Gasteiger partial charge in [0, 0.05) is 13.0 Å². The van der Waals surface area contributed by atoms with Gasteiger partial charge < -0.3 is 19.9 Å². The summed E-state index contributed by atoms with van der Waals surface area (Å²) in [7, 11) is 0. The summed E-state index contributed by atoms with van der Waals surface area (Å²) in [4.78, 5) is 21.6. The van der Waals surface area contributed by atoms with Gasteiger partial charge in [-0.25, -0.2) is 9.59 Å². The Morgan fingerprint density at radius 2 is 2.06 bits per heavy atom. The van der Waals surface area contributed by atoms with Gasteiger partial charge in [0.05, 0.1) is 6.10 Å². The number of carbonyl (C=O) groups excluding carboxylic acids is 1. The molecule has 0 radical (unpaired) electrons. The fourth-order valence-corrected chi connectivity index (χ4v) is 1.26. The molecule has 1 saturated heterocycles. The van der Waals surface area contributed by atoms with Crippen LogP contribution in [-0.4, -0.2) is 41.5 Å². The lowest BCUT2D eigenvalue weighted by atomic mass is 10.1. The molecule has 0 unspecified atom stereocenters. The second-order valence-electron chi connectivity index (χ2n) is 4.70. The SMILES string of the molecule is CC(C)(C)OC(=O)NC[C@H]1C[C@@H](C(=O)O)O1. The summed E-state index contributed by atoms with van der Waals surface area (Å²) in [5.41, 5.74) is -0.534. The predicted octanol–water partition coefficient (Wildman–Crippen LogP) is 0.753. The Morgan fingerprint density at radius 3 is 2.50 bits per heavy atom. The van der Waals surface area contributed by atoms with Gasteiger partial charge in [-0.05, 0) is 20.8 Å². The van der Waals surface area contributed by atoms with Crippen LogP contribution in [0.3, 0.4) is 0 Å². The molecule has 0 aromatic heterocycles. The lowest BCUT2D eigenvalue weighted by molar-refractivity contribution is -0.177. The van der Waals surface area contributed by atoms with Gasteiger partial charge >= 0.3 is 12.1 Å². The Balaban J connectivity index is 2.13. The van der Waals surface area contributed by atoms with E-state index in [1.807, 2.05) is 0 Å². The first-order chi connectivity index (χ1) is 7.28. The highest BCUT2D eigenvalue weighted by Gasteiger charge is 2.35. The van der Waals surface area contributed by atoms with Crippen LogP contribution in [0.25, 0.3) is 0 Å². The number of nitrogens with one attached hydrogen (secondary N) is 1. The number of hydrogen-bond acceptors (Lipinski definition) is 4. The van der Waals surface area contributed by atoms with E-state index in [0.717, 1.165) is 0 Å². The largest absolute Gasteiger partial charge is 0.479 e. The van der Waals surface area contributed by atoms with E-state index in [1.165, 1.54) is 0 Å². The van der Waals surface area contributed by atoms with E-state index in [9.17, 15) is 9.59 Å². The Kier molecular flexibility index (Phi) is 3.74. The van der Waals surface area contributed by atoms with Crippen molar-refractivity contribution in [2.45, 2.75) is 45.0 Å². The summed E-state index contributed by atoms with van der Waals surface area (Å²) in [6.45, 7) is 5.59. The average Bonchev–Trinajstić information content (AvgIpc) is 1.96. The highest BCUT2D eigenvalue weighted by molar-refractivity contribution is 5.73. The monoisotopic (exact) mass is 231 g/mol. The molecule has 2 atom stereocenters. The third-order valence-corrected chi connectivity index (χ3v) is 1.98. The molecule has 1 amide bonds. The second kappa shape index (κ2) is 4.69. The van der Waals surface area contributed by atoms with Gasteiger partial charge in [0.2, 0.25) is 0 Å². The third kappa shape index (κ3) is 4.06. The molecule has 92 valence electrons. The summed E-state index contributed by atoms with van der Waals surface area (Å²) in [5.74, 6) is -0.964. The summed E-state index contributed by atoms with van der Waals surface area (Å²) in [6, 6.07) is 0. The zero-order valence-corrected chi connectivity index (χ0v) is 9.65. The van der Waals surface area contributed by atoms with Crippen LogP contribution >= 0.6 is 0 Å². The van der Waals surface area contributed by atoms with Crippen molar-refractivity contribution in [3.8, 4) is 0 Å². The van der Waals surface area contributed by atoms with Crippen molar-refractivity contribution < 1.29 is 24.2 Å². The lowest BCUT2D eigenvalue weighted by Gasteiger charge is -2.33. The highest BCUT2D eigenvalue weighted by atomic mass is 16.6. The molecule has 0 bridgehead atoms. The van der Waals surface area contributed by atoms with Crippen molar-refractivity contribution in [1.82, 2.24) is 5.32 Å². The van der Waals surface area contributed by atoms with Crippen molar-refractivity contribution in [3.63, 3.8) is 0 Å². The fourth-order valence-electron chi connectivity index (χ4n) is 1.26. The Labute approximate surface area is 93.9 Å². The Bertz CT molecular complexity index is 277. The van der Waals surface area contributed by atoms with Gasteiger partial charge in [0.25, 0.3) is 0 Å². The molecule has 1 fully saturated rings. The fraction of sp³-hybridized carbons (Fsp3) is 0.800. The molecule has 0 spiro atoms. The molecule has 0 aliphatic carbocycles. The summed E-state index contributed by atoms with van der Waals surface area (Å²) >= 11 is 0. The van der Waals surface area contributed by atoms with Crippen LogP contribution in [0.5, 0.6) is 0 Å². The van der Waals surface area contributed by atoms with Crippen LogP contribution in [0.1, 0.15) is 27.2 Å². The molecule has 2 N–H and O–H groups in total. The maximum absolute atomic E-state index is 11.2. The number of carboxylic acid groups (broad SMARTS) is 1. The number of rotatable bonds is 3. The van der Waals surface area contributed by atoms with Crippen LogP contribution in [0.2, 0.25) is 0 Å². The number of hydrogen-bond donors (Lipinski definition) is 2. The minimum Gasteiger partial charge on any atom is -0.479 e. The van der Waals surface area contributed by atoms with Crippen molar-refractivity contribution in [2.75, 3.05) is 6.54 Å². The molecule has 0 saturated carbocycles. The molecule has 0 aromatic carbocycles. The van der Waals surface area contributed by atoms with E-state index in [2.05, 4.69) is 5.32 Å². The van der Waals surface area contributed by atoms with Crippen LogP contribution in [0, 0.1) is 0 Å². The van der Waals surface area contributed by atoms with Crippen LogP contribution in [0.4, 0.5) is 4.79 Å². The lowest BCUT2D eigenvalue weighted by Crippen LogP contribution is -2.49. The number of carboxylic acids is 1. The molecule has 6 nitrogen and oxygen atoms in total. The molecule has 6 heteroatoms.